The van der Waals surface area contributed by atoms with Crippen LogP contribution < -0.4 is 4.74 Å². The fourth-order valence-corrected chi connectivity index (χ4v) is 7.67. The van der Waals surface area contributed by atoms with Gasteiger partial charge in [-0.2, -0.15) is 10.4 Å². The first-order valence-electron chi connectivity index (χ1n) is 16.7. The molecule has 4 heterocycles. The summed E-state index contributed by atoms with van der Waals surface area (Å²) in [6.07, 6.45) is 11.5. The van der Waals surface area contributed by atoms with Gasteiger partial charge >= 0.3 is 0 Å². The van der Waals surface area contributed by atoms with Gasteiger partial charge in [-0.05, 0) is 69.6 Å². The molecule has 47 heavy (non-hydrogen) atoms. The average molecular weight is 659 g/mol. The van der Waals surface area contributed by atoms with E-state index in [0.717, 1.165) is 79.3 Å². The summed E-state index contributed by atoms with van der Waals surface area (Å²) in [4.78, 5) is 13.7. The summed E-state index contributed by atoms with van der Waals surface area (Å²) >= 11 is 0. The van der Waals surface area contributed by atoms with E-state index in [9.17, 15) is 9.65 Å². The van der Waals surface area contributed by atoms with E-state index in [1.807, 2.05) is 59.0 Å². The van der Waals surface area contributed by atoms with E-state index in [-0.39, 0.29) is 17.5 Å². The molecular weight excluding hydrogens is 612 g/mol. The van der Waals surface area contributed by atoms with Crippen LogP contribution in [0.1, 0.15) is 37.7 Å². The van der Waals surface area contributed by atoms with E-state index in [1.54, 1.807) is 12.4 Å². The van der Waals surface area contributed by atoms with Crippen LogP contribution in [0.15, 0.2) is 49.2 Å². The largest absolute Gasteiger partial charge is 0.490 e. The normalized spacial score (nSPS) is 20.9. The second-order valence-corrected chi connectivity index (χ2v) is 20.4. The molecule has 2 fully saturated rings. The van der Waals surface area contributed by atoms with Crippen molar-refractivity contribution in [1.29, 1.82) is 5.26 Å². The molecule has 1 saturated heterocycles. The molecule has 0 bridgehead atoms. The highest BCUT2D eigenvalue weighted by atomic mass is 28.3. The van der Waals surface area contributed by atoms with Crippen molar-refractivity contribution < 1.29 is 13.9 Å². The molecule has 1 aromatic carbocycles. The second-order valence-electron chi connectivity index (χ2n) is 14.8. The van der Waals surface area contributed by atoms with Crippen molar-refractivity contribution in [2.75, 3.05) is 33.8 Å². The summed E-state index contributed by atoms with van der Waals surface area (Å²) in [5.74, 6) is 0.344. The zero-order chi connectivity index (χ0) is 33.2. The van der Waals surface area contributed by atoms with E-state index in [0.29, 0.717) is 31.5 Å². The van der Waals surface area contributed by atoms with Crippen LogP contribution in [0.25, 0.3) is 22.3 Å². The summed E-state index contributed by atoms with van der Waals surface area (Å²) in [5, 5.41) is 15.5. The maximum atomic E-state index is 14.2. The number of piperidine rings is 1. The topological polar surface area (TPSA) is 97.3 Å². The molecule has 0 radical (unpaired) electrons. The van der Waals surface area contributed by atoms with Crippen LogP contribution >= 0.6 is 0 Å². The first kappa shape index (κ1) is 33.3. The van der Waals surface area contributed by atoms with Crippen molar-refractivity contribution in [3.05, 3.63) is 60.6 Å². The van der Waals surface area contributed by atoms with Gasteiger partial charge in [-0.15, -0.1) is 0 Å². The van der Waals surface area contributed by atoms with Crippen LogP contribution in [0.4, 0.5) is 4.39 Å². The first-order valence-corrected chi connectivity index (χ1v) is 20.4. The van der Waals surface area contributed by atoms with Gasteiger partial charge < -0.3 is 18.9 Å². The van der Waals surface area contributed by atoms with E-state index < -0.39 is 8.07 Å². The van der Waals surface area contributed by atoms with Gasteiger partial charge in [-0.3, -0.25) is 9.58 Å². The molecule has 12 heteroatoms. The molecular formula is C35H47FN8O2Si. The Hall–Kier alpha value is -3.63. The predicted octanol–water partition coefficient (Wildman–Crippen LogP) is 6.12. The van der Waals surface area contributed by atoms with Gasteiger partial charge in [0, 0.05) is 69.8 Å². The van der Waals surface area contributed by atoms with Crippen molar-refractivity contribution in [2.24, 2.45) is 0 Å². The summed E-state index contributed by atoms with van der Waals surface area (Å²) in [7, 11) is 2.79. The summed E-state index contributed by atoms with van der Waals surface area (Å²) in [6, 6.07) is 11.0. The average Bonchev–Trinajstić information content (AvgIpc) is 3.64. The number of aromatic nitrogens is 5. The molecule has 1 aliphatic carbocycles. The highest BCUT2D eigenvalue weighted by Gasteiger charge is 2.49. The zero-order valence-corrected chi connectivity index (χ0v) is 29.3. The lowest BCUT2D eigenvalue weighted by atomic mass is 9.69. The lowest BCUT2D eigenvalue weighted by Crippen LogP contribution is -2.58. The lowest BCUT2D eigenvalue weighted by Gasteiger charge is -2.52. The minimum absolute atomic E-state index is 0.0640. The quantitative estimate of drug-likeness (QED) is 0.125. The number of hydrogen-bond acceptors (Lipinski definition) is 8. The third-order valence-electron chi connectivity index (χ3n) is 9.49. The second kappa shape index (κ2) is 13.8. The fourth-order valence-electron chi connectivity index (χ4n) is 6.92. The van der Waals surface area contributed by atoms with E-state index in [1.165, 1.54) is 6.07 Å². The molecule has 0 unspecified atom stereocenters. The molecule has 250 valence electrons. The maximum Gasteiger partial charge on any atom is 0.145 e. The van der Waals surface area contributed by atoms with Gasteiger partial charge in [0.05, 0.1) is 29.9 Å². The fraction of sp³-hybridized carbons (Fsp3) is 0.543. The molecule has 0 amide bonds. The lowest BCUT2D eigenvalue weighted by molar-refractivity contribution is -0.0207. The molecule has 4 aromatic rings. The Balaban J connectivity index is 1.07. The number of likely N-dealkylation sites (tertiary alicyclic amines) is 1. The van der Waals surface area contributed by atoms with E-state index in [4.69, 9.17) is 14.6 Å². The molecule has 3 aromatic heterocycles. The van der Waals surface area contributed by atoms with Crippen molar-refractivity contribution in [3.8, 4) is 23.1 Å². The number of nitriles is 1. The molecule has 1 saturated carbocycles. The van der Waals surface area contributed by atoms with Crippen molar-refractivity contribution >= 4 is 19.1 Å². The molecule has 1 aliphatic heterocycles. The summed E-state index contributed by atoms with van der Waals surface area (Å²) in [5.41, 5.74) is 3.16. The molecule has 0 N–H and O–H groups in total. The highest BCUT2D eigenvalue weighted by molar-refractivity contribution is 6.76. The van der Waals surface area contributed by atoms with Gasteiger partial charge in [0.1, 0.15) is 36.4 Å². The van der Waals surface area contributed by atoms with Crippen LogP contribution in [0, 0.1) is 17.1 Å². The molecule has 0 spiro atoms. The predicted molar refractivity (Wildman–Crippen MR) is 183 cm³/mol. The van der Waals surface area contributed by atoms with Gasteiger partial charge in [0.2, 0.25) is 0 Å². The zero-order valence-electron chi connectivity index (χ0n) is 28.3. The number of hydrogen-bond donors (Lipinski definition) is 0. The number of benzene rings is 1. The van der Waals surface area contributed by atoms with Gasteiger partial charge in [0.15, 0.2) is 0 Å². The first-order chi connectivity index (χ1) is 22.5. The summed E-state index contributed by atoms with van der Waals surface area (Å²) < 4.78 is 30.5. The summed E-state index contributed by atoms with van der Waals surface area (Å²) in [6.45, 7) is 10.8. The number of rotatable bonds is 13. The van der Waals surface area contributed by atoms with Gasteiger partial charge in [-0.25, -0.2) is 14.4 Å². The minimum Gasteiger partial charge on any atom is -0.490 e. The van der Waals surface area contributed by atoms with Crippen molar-refractivity contribution in [2.45, 2.75) is 88.7 Å². The smallest absolute Gasteiger partial charge is 0.145 e. The Bertz CT molecular complexity index is 1710. The molecule has 6 rings (SSSR count). The Kier molecular flexibility index (Phi) is 9.80. The minimum atomic E-state index is -1.15. The van der Waals surface area contributed by atoms with Crippen LogP contribution in [0.2, 0.25) is 25.7 Å². The highest BCUT2D eigenvalue weighted by Crippen LogP contribution is 2.45. The van der Waals surface area contributed by atoms with Gasteiger partial charge in [0.25, 0.3) is 0 Å². The van der Waals surface area contributed by atoms with Crippen molar-refractivity contribution in [1.82, 2.24) is 34.1 Å². The number of halogens is 1. The number of nitrogens with zero attached hydrogens (tertiary/aromatic N) is 8. The Labute approximate surface area is 278 Å². The molecule has 0 atom stereocenters. The monoisotopic (exact) mass is 658 g/mol. The Morgan fingerprint density at radius 2 is 1.91 bits per heavy atom. The van der Waals surface area contributed by atoms with Crippen LogP contribution in [-0.2, 0) is 23.6 Å². The van der Waals surface area contributed by atoms with Gasteiger partial charge in [-0.1, -0.05) is 19.6 Å². The van der Waals surface area contributed by atoms with Crippen LogP contribution in [-0.4, -0.2) is 88.1 Å². The molecule has 2 aliphatic rings. The molecule has 10 nitrogen and oxygen atoms in total. The van der Waals surface area contributed by atoms with Crippen LogP contribution in [0.5, 0.6) is 5.75 Å². The van der Waals surface area contributed by atoms with Crippen molar-refractivity contribution in [3.63, 3.8) is 0 Å². The number of ether oxygens (including phenoxy) is 2. The third-order valence-corrected chi connectivity index (χ3v) is 11.2. The SMILES string of the molecule is CN(C)Cc1cc(F)cc(OC2CCN(C3CC(CC#N)(n4cc(-c5ncnc6c5ccn6COCC[Si](C)(C)C)cn4)C3)CC2)c1. The third kappa shape index (κ3) is 7.75. The maximum absolute atomic E-state index is 14.2. The Morgan fingerprint density at radius 3 is 2.64 bits per heavy atom. The standard InChI is InChI=1S/C35H47FN8O2Si/c1-41(2)22-26-16-28(36)18-31(17-26)46-30-6-11-42(12-7-30)29-19-35(20-29,9-10-37)44-23-27(21-40-44)33-32-8-13-43(34(32)39-24-38-33)25-45-14-15-47(3,4)5/h8,13,16-18,21,23-24,29-30H,6-7,9,11-12,14-15,19-20,22,25H2,1-5H3. The van der Waals surface area contributed by atoms with Crippen LogP contribution in [0.3, 0.4) is 0 Å². The van der Waals surface area contributed by atoms with E-state index >= 15 is 0 Å². The number of fused-ring (bicyclic) bond motifs is 1. The van der Waals surface area contributed by atoms with E-state index in [2.05, 4.69) is 40.6 Å². The Morgan fingerprint density at radius 1 is 1.13 bits per heavy atom.